The summed E-state index contributed by atoms with van der Waals surface area (Å²) >= 11 is 0. The molecule has 1 aromatic carbocycles. The summed E-state index contributed by atoms with van der Waals surface area (Å²) in [6, 6.07) is 10.6. The normalized spacial score (nSPS) is 15.6. The lowest BCUT2D eigenvalue weighted by atomic mass is 9.95. The second-order valence-corrected chi connectivity index (χ2v) is 13.3. The first-order valence-corrected chi connectivity index (χ1v) is 14.4. The molecule has 0 spiro atoms. The van der Waals surface area contributed by atoms with Crippen molar-refractivity contribution >= 4 is 15.7 Å². The van der Waals surface area contributed by atoms with Crippen LogP contribution in [0.5, 0.6) is 0 Å². The van der Waals surface area contributed by atoms with Gasteiger partial charge >= 0.3 is 0 Å². The number of piperidine rings is 1. The van der Waals surface area contributed by atoms with E-state index < -0.39 is 9.84 Å². The number of amides is 1. The lowest BCUT2D eigenvalue weighted by molar-refractivity contribution is 0.0951. The summed E-state index contributed by atoms with van der Waals surface area (Å²) in [6.07, 6.45) is 4.69. The van der Waals surface area contributed by atoms with Gasteiger partial charge in [-0.15, -0.1) is 0 Å². The number of carbonyl (C=O) groups excluding carboxylic acids is 1. The van der Waals surface area contributed by atoms with Gasteiger partial charge in [-0.2, -0.15) is 0 Å². The Morgan fingerprint density at radius 3 is 2.46 bits per heavy atom. The average molecular weight is 525 g/mol. The summed E-state index contributed by atoms with van der Waals surface area (Å²) in [4.78, 5) is 23.4. The Hall–Kier alpha value is -3.04. The molecule has 1 aliphatic heterocycles. The Balaban J connectivity index is 1.36. The van der Waals surface area contributed by atoms with E-state index in [0.29, 0.717) is 47.9 Å². The summed E-state index contributed by atoms with van der Waals surface area (Å²) in [5.74, 6) is 0.535. The van der Waals surface area contributed by atoms with Crippen LogP contribution in [0.3, 0.4) is 0 Å². The van der Waals surface area contributed by atoms with Crippen LogP contribution in [0.25, 0.3) is 11.5 Å². The number of pyridine rings is 1. The van der Waals surface area contributed by atoms with Crippen LogP contribution in [-0.2, 0) is 22.1 Å². The third kappa shape index (κ3) is 7.26. The lowest BCUT2D eigenvalue weighted by Crippen LogP contribution is -2.43. The topological polar surface area (TPSA) is 105 Å². The van der Waals surface area contributed by atoms with Crippen molar-refractivity contribution in [2.24, 2.45) is 5.41 Å². The number of sulfone groups is 1. The van der Waals surface area contributed by atoms with Gasteiger partial charge in [-0.3, -0.25) is 9.78 Å². The fraction of sp³-hybridized carbons (Fsp3) is 0.464. The molecule has 0 aliphatic carbocycles. The summed E-state index contributed by atoms with van der Waals surface area (Å²) in [6.45, 7) is 11.3. The highest BCUT2D eigenvalue weighted by Gasteiger charge is 2.32. The van der Waals surface area contributed by atoms with E-state index in [0.717, 1.165) is 25.2 Å². The number of nitrogens with zero attached hydrogens (tertiary/aromatic N) is 3. The van der Waals surface area contributed by atoms with Crippen molar-refractivity contribution in [1.29, 1.82) is 0 Å². The van der Waals surface area contributed by atoms with E-state index in [1.165, 1.54) is 0 Å². The molecule has 0 saturated carbocycles. The summed E-state index contributed by atoms with van der Waals surface area (Å²) < 4.78 is 32.2. The third-order valence-corrected chi connectivity index (χ3v) is 8.70. The second kappa shape index (κ2) is 11.1. The quantitative estimate of drug-likeness (QED) is 0.466. The minimum Gasteiger partial charge on any atom is -0.441 e. The van der Waals surface area contributed by atoms with Crippen molar-refractivity contribution in [3.8, 4) is 11.5 Å². The van der Waals surface area contributed by atoms with E-state index >= 15 is 0 Å². The van der Waals surface area contributed by atoms with Crippen molar-refractivity contribution in [2.45, 2.75) is 58.1 Å². The molecular formula is C28H36N4O4S. The number of carbonyl (C=O) groups is 1. The molecule has 198 valence electrons. The molecule has 9 heteroatoms. The van der Waals surface area contributed by atoms with Gasteiger partial charge in [0.15, 0.2) is 9.84 Å². The van der Waals surface area contributed by atoms with E-state index in [-0.39, 0.29) is 22.3 Å². The van der Waals surface area contributed by atoms with Gasteiger partial charge in [-0.1, -0.05) is 26.8 Å². The largest absolute Gasteiger partial charge is 0.441 e. The maximum atomic E-state index is 13.2. The van der Waals surface area contributed by atoms with E-state index in [1.54, 1.807) is 43.6 Å². The molecule has 0 unspecified atom stereocenters. The minimum atomic E-state index is -3.35. The van der Waals surface area contributed by atoms with Crippen LogP contribution in [0.1, 0.15) is 61.0 Å². The zero-order valence-electron chi connectivity index (χ0n) is 22.0. The Morgan fingerprint density at radius 1 is 1.14 bits per heavy atom. The number of hydrogen-bond acceptors (Lipinski definition) is 7. The van der Waals surface area contributed by atoms with Gasteiger partial charge in [0.2, 0.25) is 5.89 Å². The molecule has 0 atom stereocenters. The fourth-order valence-corrected chi connectivity index (χ4v) is 6.46. The van der Waals surface area contributed by atoms with Gasteiger partial charge in [0.1, 0.15) is 5.76 Å². The van der Waals surface area contributed by atoms with Crippen molar-refractivity contribution in [3.05, 3.63) is 71.4 Å². The third-order valence-electron chi connectivity index (χ3n) is 6.54. The van der Waals surface area contributed by atoms with Crippen LogP contribution in [0.2, 0.25) is 0 Å². The molecule has 1 amide bonds. The van der Waals surface area contributed by atoms with Crippen LogP contribution in [0.15, 0.2) is 53.2 Å². The molecule has 1 aliphatic rings. The zero-order chi connectivity index (χ0) is 26.6. The van der Waals surface area contributed by atoms with E-state index in [4.69, 9.17) is 4.42 Å². The highest BCUT2D eigenvalue weighted by molar-refractivity contribution is 7.91. The molecule has 1 saturated heterocycles. The fourth-order valence-electron chi connectivity index (χ4n) is 4.64. The number of benzene rings is 1. The Bertz CT molecular complexity index is 1300. The highest BCUT2D eigenvalue weighted by atomic mass is 32.2. The molecule has 3 aromatic rings. The highest BCUT2D eigenvalue weighted by Crippen LogP contribution is 2.27. The van der Waals surface area contributed by atoms with E-state index in [1.807, 2.05) is 12.1 Å². The first-order chi connectivity index (χ1) is 17.5. The Labute approximate surface area is 219 Å². The molecule has 0 bridgehead atoms. The predicted octanol–water partition coefficient (Wildman–Crippen LogP) is 4.40. The predicted molar refractivity (Wildman–Crippen MR) is 144 cm³/mol. The maximum Gasteiger partial charge on any atom is 0.251 e. The van der Waals surface area contributed by atoms with Crippen molar-refractivity contribution < 1.29 is 17.6 Å². The van der Waals surface area contributed by atoms with Gasteiger partial charge < -0.3 is 14.6 Å². The molecule has 3 heterocycles. The number of nitrogens with one attached hydrogen (secondary N) is 1. The molecule has 1 fully saturated rings. The van der Waals surface area contributed by atoms with Gasteiger partial charge in [0.25, 0.3) is 5.91 Å². The maximum absolute atomic E-state index is 13.2. The van der Waals surface area contributed by atoms with Crippen LogP contribution in [0.4, 0.5) is 0 Å². The number of likely N-dealkylation sites (tertiary alicyclic amines) is 1. The van der Waals surface area contributed by atoms with E-state index in [2.05, 4.69) is 41.0 Å². The molecule has 1 N–H and O–H groups in total. The van der Waals surface area contributed by atoms with Crippen LogP contribution < -0.4 is 5.32 Å². The van der Waals surface area contributed by atoms with Crippen molar-refractivity contribution in [2.75, 3.05) is 19.6 Å². The Kier molecular flexibility index (Phi) is 8.14. The monoisotopic (exact) mass is 524 g/mol. The van der Waals surface area contributed by atoms with Crippen LogP contribution in [-0.4, -0.2) is 54.1 Å². The van der Waals surface area contributed by atoms with Crippen molar-refractivity contribution in [3.63, 3.8) is 0 Å². The van der Waals surface area contributed by atoms with Gasteiger partial charge in [-0.25, -0.2) is 13.4 Å². The molecule has 2 aromatic heterocycles. The SMILES string of the molecule is Cc1oc(-c2ccc(C(=O)NCc3cccnc3)cc2)nc1CS(=O)(=O)C1CCN(CC(C)(C)C)CC1. The van der Waals surface area contributed by atoms with Gasteiger partial charge in [-0.05, 0) is 74.2 Å². The number of aromatic nitrogens is 2. The lowest BCUT2D eigenvalue weighted by Gasteiger charge is -2.35. The van der Waals surface area contributed by atoms with Gasteiger partial charge in [0.05, 0.1) is 16.7 Å². The second-order valence-electron chi connectivity index (χ2n) is 11.0. The summed E-state index contributed by atoms with van der Waals surface area (Å²) in [5.41, 5.74) is 2.76. The molecule has 8 nitrogen and oxygen atoms in total. The molecule has 37 heavy (non-hydrogen) atoms. The molecule has 4 rings (SSSR count). The van der Waals surface area contributed by atoms with Gasteiger partial charge in [0, 0.05) is 36.6 Å². The Morgan fingerprint density at radius 2 is 1.84 bits per heavy atom. The standard InChI is InChI=1S/C28H36N4O4S/c1-20-25(18-37(34,35)24-11-14-32(15-12-24)19-28(2,3)4)31-27(36-20)23-9-7-22(8-10-23)26(33)30-17-21-6-5-13-29-16-21/h5-10,13,16,24H,11-12,14-15,17-19H2,1-4H3,(H,30,33). The van der Waals surface area contributed by atoms with Crippen molar-refractivity contribution in [1.82, 2.24) is 20.2 Å². The summed E-state index contributed by atoms with van der Waals surface area (Å²) in [7, 11) is -3.35. The molecular weight excluding hydrogens is 488 g/mol. The zero-order valence-corrected chi connectivity index (χ0v) is 22.8. The number of hydrogen-bond donors (Lipinski definition) is 1. The number of aryl methyl sites for hydroxylation is 1. The number of rotatable bonds is 8. The van der Waals surface area contributed by atoms with Crippen LogP contribution in [0, 0.1) is 12.3 Å². The van der Waals surface area contributed by atoms with Crippen LogP contribution >= 0.6 is 0 Å². The average Bonchev–Trinajstić information content (AvgIpc) is 3.22. The first kappa shape index (κ1) is 27.0. The van der Waals surface area contributed by atoms with E-state index in [9.17, 15) is 13.2 Å². The first-order valence-electron chi connectivity index (χ1n) is 12.7. The molecule has 0 radical (unpaired) electrons. The smallest absolute Gasteiger partial charge is 0.251 e. The minimum absolute atomic E-state index is 0.124. The number of oxazole rings is 1. The summed E-state index contributed by atoms with van der Waals surface area (Å²) in [5, 5.41) is 2.52.